The van der Waals surface area contributed by atoms with Gasteiger partial charge in [-0.1, -0.05) is 30.3 Å². The SMILES string of the molecule is CCOc1ccc(N2CCN3C(=O)C(=O)[N+](CC(=O)N4CCC(Cc5ccccc5)CC4)=NC32)cc1. The molecule has 9 nitrogen and oxygen atoms in total. The van der Waals surface area contributed by atoms with Crippen molar-refractivity contribution in [3.8, 4) is 5.75 Å². The number of azo groups is 2. The summed E-state index contributed by atoms with van der Waals surface area (Å²) >= 11 is 0. The van der Waals surface area contributed by atoms with Gasteiger partial charge in [0.05, 0.1) is 6.61 Å². The number of likely N-dealkylation sites (tertiary alicyclic amines) is 1. The molecule has 3 aliphatic heterocycles. The molecule has 3 amide bonds. The molecule has 0 saturated carbocycles. The maximum Gasteiger partial charge on any atom is 0.502 e. The molecule has 9 heteroatoms. The van der Waals surface area contributed by atoms with Crippen molar-refractivity contribution < 1.29 is 23.8 Å². The Labute approximate surface area is 210 Å². The van der Waals surface area contributed by atoms with Crippen LogP contribution in [-0.2, 0) is 20.8 Å². The van der Waals surface area contributed by atoms with Crippen molar-refractivity contribution in [2.75, 3.05) is 44.2 Å². The number of nitrogens with zero attached hydrogens (tertiary/aromatic N) is 5. The van der Waals surface area contributed by atoms with Crippen LogP contribution < -0.4 is 9.64 Å². The molecule has 0 aromatic heterocycles. The Kier molecular flexibility index (Phi) is 6.97. The van der Waals surface area contributed by atoms with Crippen LogP contribution in [-0.4, -0.2) is 77.8 Å². The molecule has 3 aliphatic rings. The van der Waals surface area contributed by atoms with Gasteiger partial charge >= 0.3 is 11.8 Å². The summed E-state index contributed by atoms with van der Waals surface area (Å²) in [6.07, 6.45) is 2.22. The molecule has 0 N–H and O–H groups in total. The van der Waals surface area contributed by atoms with E-state index in [1.807, 2.05) is 42.2 Å². The third-order valence-corrected chi connectivity index (χ3v) is 7.16. The predicted octanol–water partition coefficient (Wildman–Crippen LogP) is 2.50. The van der Waals surface area contributed by atoms with Crippen LogP contribution in [0.4, 0.5) is 5.69 Å². The highest BCUT2D eigenvalue weighted by atomic mass is 16.5. The summed E-state index contributed by atoms with van der Waals surface area (Å²) < 4.78 is 6.58. The fraction of sp³-hybridized carbons (Fsp3) is 0.444. The fourth-order valence-corrected chi connectivity index (χ4v) is 5.19. The van der Waals surface area contributed by atoms with E-state index in [0.717, 1.165) is 35.4 Å². The second kappa shape index (κ2) is 10.5. The van der Waals surface area contributed by atoms with E-state index < -0.39 is 18.1 Å². The quantitative estimate of drug-likeness (QED) is 0.440. The van der Waals surface area contributed by atoms with Crippen LogP contribution in [0.15, 0.2) is 59.7 Å². The van der Waals surface area contributed by atoms with Gasteiger partial charge in [-0.2, -0.15) is 0 Å². The fourth-order valence-electron chi connectivity index (χ4n) is 5.19. The van der Waals surface area contributed by atoms with Gasteiger partial charge in [-0.15, -0.1) is 0 Å². The average Bonchev–Trinajstić information content (AvgIpc) is 3.33. The minimum atomic E-state index is -0.743. The molecule has 2 aromatic rings. The van der Waals surface area contributed by atoms with E-state index in [-0.39, 0.29) is 12.5 Å². The van der Waals surface area contributed by atoms with Gasteiger partial charge in [-0.25, -0.2) is 4.79 Å². The van der Waals surface area contributed by atoms with Crippen molar-refractivity contribution in [1.29, 1.82) is 0 Å². The van der Waals surface area contributed by atoms with Gasteiger partial charge in [0.15, 0.2) is 0 Å². The minimum absolute atomic E-state index is 0.169. The van der Waals surface area contributed by atoms with Gasteiger partial charge in [0, 0.05) is 37.0 Å². The summed E-state index contributed by atoms with van der Waals surface area (Å²) in [5.74, 6) is -0.222. The molecule has 0 bridgehead atoms. The summed E-state index contributed by atoms with van der Waals surface area (Å²) in [7, 11) is 0. The summed E-state index contributed by atoms with van der Waals surface area (Å²) in [6, 6.07) is 18.0. The van der Waals surface area contributed by atoms with Crippen LogP contribution in [0, 0.1) is 5.92 Å². The van der Waals surface area contributed by atoms with Gasteiger partial charge < -0.3 is 14.5 Å². The van der Waals surface area contributed by atoms with Crippen molar-refractivity contribution in [2.45, 2.75) is 32.5 Å². The smallest absolute Gasteiger partial charge is 0.494 e. The topological polar surface area (TPSA) is 85.5 Å². The minimum Gasteiger partial charge on any atom is -0.494 e. The first-order chi connectivity index (χ1) is 17.5. The zero-order chi connectivity index (χ0) is 25.1. The number of carbonyl (C=O) groups is 3. The molecule has 36 heavy (non-hydrogen) atoms. The van der Waals surface area contributed by atoms with Crippen molar-refractivity contribution >= 4 is 23.4 Å². The summed E-state index contributed by atoms with van der Waals surface area (Å²) in [5, 5.41) is 4.53. The third-order valence-electron chi connectivity index (χ3n) is 7.16. The standard InChI is InChI=1S/C27H32N5O4/c1-2-36-23-10-8-22(9-11-23)30-16-17-31-25(34)26(35)32(28-27(30)31)19-24(33)29-14-12-21(13-15-29)18-20-6-4-3-5-7-20/h3-11,21,27H,2,12-19H2,1H3/q+1. The number of ether oxygens (including phenoxy) is 1. The lowest BCUT2D eigenvalue weighted by Crippen LogP contribution is -2.53. The Morgan fingerprint density at radius 3 is 2.36 bits per heavy atom. The lowest BCUT2D eigenvalue weighted by atomic mass is 9.90. The lowest BCUT2D eigenvalue weighted by molar-refractivity contribution is -0.510. The number of carbonyl (C=O) groups excluding carboxylic acids is 3. The first-order valence-corrected chi connectivity index (χ1v) is 12.7. The van der Waals surface area contributed by atoms with Crippen LogP contribution in [0.25, 0.3) is 0 Å². The second-order valence-corrected chi connectivity index (χ2v) is 9.46. The Morgan fingerprint density at radius 1 is 0.972 bits per heavy atom. The van der Waals surface area contributed by atoms with Crippen molar-refractivity contribution in [1.82, 2.24) is 9.80 Å². The molecule has 1 atom stereocenters. The second-order valence-electron chi connectivity index (χ2n) is 9.46. The van der Waals surface area contributed by atoms with Gasteiger partial charge in [0.1, 0.15) is 5.75 Å². The molecule has 188 valence electrons. The Bertz CT molecular complexity index is 1140. The number of amides is 3. The number of fused-ring (bicyclic) bond motifs is 1. The summed E-state index contributed by atoms with van der Waals surface area (Å²) in [5.41, 5.74) is 2.19. The highest BCUT2D eigenvalue weighted by Crippen LogP contribution is 2.29. The van der Waals surface area contributed by atoms with E-state index in [1.165, 1.54) is 10.5 Å². The largest absolute Gasteiger partial charge is 0.502 e. The first-order valence-electron chi connectivity index (χ1n) is 12.7. The zero-order valence-electron chi connectivity index (χ0n) is 20.6. The van der Waals surface area contributed by atoms with Crippen LogP contribution in [0.1, 0.15) is 25.3 Å². The van der Waals surface area contributed by atoms with Gasteiger partial charge in [-0.3, -0.25) is 14.5 Å². The number of piperidine rings is 1. The van der Waals surface area contributed by atoms with Crippen LogP contribution in [0.3, 0.4) is 0 Å². The summed E-state index contributed by atoms with van der Waals surface area (Å²) in [4.78, 5) is 43.8. The van der Waals surface area contributed by atoms with E-state index in [4.69, 9.17) is 4.74 Å². The molecule has 0 spiro atoms. The first kappa shape index (κ1) is 24.0. The molecular formula is C27H32N5O4+. The monoisotopic (exact) mass is 490 g/mol. The van der Waals surface area contributed by atoms with Crippen molar-refractivity contribution in [3.05, 3.63) is 60.2 Å². The number of hydrogen-bond acceptors (Lipinski definition) is 6. The molecule has 2 saturated heterocycles. The Balaban J connectivity index is 1.23. The molecule has 0 radical (unpaired) electrons. The van der Waals surface area contributed by atoms with Crippen molar-refractivity contribution in [2.24, 2.45) is 11.0 Å². The van der Waals surface area contributed by atoms with E-state index in [1.54, 1.807) is 4.90 Å². The predicted molar refractivity (Wildman–Crippen MR) is 132 cm³/mol. The number of benzene rings is 2. The number of hydrogen-bond donors (Lipinski definition) is 0. The molecule has 5 rings (SSSR count). The van der Waals surface area contributed by atoms with Crippen LogP contribution >= 0.6 is 0 Å². The van der Waals surface area contributed by atoms with Crippen LogP contribution in [0.2, 0.25) is 0 Å². The highest BCUT2D eigenvalue weighted by molar-refractivity contribution is 6.31. The molecule has 2 fully saturated rings. The van der Waals surface area contributed by atoms with E-state index in [9.17, 15) is 14.4 Å². The molecule has 2 aromatic carbocycles. The zero-order valence-corrected chi connectivity index (χ0v) is 20.6. The number of anilines is 1. The van der Waals surface area contributed by atoms with Gasteiger partial charge in [-0.05, 0) is 66.6 Å². The van der Waals surface area contributed by atoms with E-state index in [2.05, 4.69) is 29.4 Å². The van der Waals surface area contributed by atoms with Crippen LogP contribution in [0.5, 0.6) is 5.75 Å². The molecular weight excluding hydrogens is 458 g/mol. The maximum absolute atomic E-state index is 13.0. The Morgan fingerprint density at radius 2 is 1.67 bits per heavy atom. The number of rotatable bonds is 7. The highest BCUT2D eigenvalue weighted by Gasteiger charge is 2.50. The Hall–Kier alpha value is -3.75. The molecule has 3 heterocycles. The molecule has 0 aliphatic carbocycles. The third kappa shape index (κ3) is 4.96. The summed E-state index contributed by atoms with van der Waals surface area (Å²) in [6.45, 7) is 4.56. The lowest BCUT2D eigenvalue weighted by Gasteiger charge is -2.31. The molecule has 1 unspecified atom stereocenters. The van der Waals surface area contributed by atoms with Gasteiger partial charge in [0.25, 0.3) is 18.7 Å². The average molecular weight is 491 g/mol. The van der Waals surface area contributed by atoms with E-state index in [0.29, 0.717) is 38.7 Å². The van der Waals surface area contributed by atoms with E-state index >= 15 is 0 Å². The normalized spacial score (nSPS) is 20.4. The van der Waals surface area contributed by atoms with Crippen molar-refractivity contribution in [3.63, 3.8) is 0 Å². The maximum atomic E-state index is 13.0. The van der Waals surface area contributed by atoms with Gasteiger partial charge in [0.2, 0.25) is 0 Å².